The first-order chi connectivity index (χ1) is 15.2. The molecule has 32 heavy (non-hydrogen) atoms. The zero-order valence-corrected chi connectivity index (χ0v) is 18.5. The van der Waals surface area contributed by atoms with E-state index in [4.69, 9.17) is 11.6 Å². The number of carbonyl (C=O) groups excluding carboxylic acids is 1. The van der Waals surface area contributed by atoms with Crippen molar-refractivity contribution in [2.75, 3.05) is 18.0 Å². The normalized spacial score (nSPS) is 11.1. The van der Waals surface area contributed by atoms with E-state index in [0.717, 1.165) is 35.2 Å². The lowest BCUT2D eigenvalue weighted by molar-refractivity contribution is 0.0600. The Hall–Kier alpha value is -3.36. The summed E-state index contributed by atoms with van der Waals surface area (Å²) in [6.45, 7) is 3.24. The number of methoxy groups -OCH3 is 1. The first kappa shape index (κ1) is 23.3. The highest BCUT2D eigenvalue weighted by Gasteiger charge is 2.31. The number of hydrogen-bond donors (Lipinski definition) is 1. The fourth-order valence-electron chi connectivity index (χ4n) is 3.08. The maximum absolute atomic E-state index is 14.8. The molecular formula is C23H19ClFNO5S. The summed E-state index contributed by atoms with van der Waals surface area (Å²) in [7, 11) is -3.46. The van der Waals surface area contributed by atoms with Gasteiger partial charge in [0.1, 0.15) is 10.7 Å². The van der Waals surface area contributed by atoms with Crippen molar-refractivity contribution in [3.63, 3.8) is 0 Å². The fraction of sp³-hybridized carbons (Fsp3) is 0.0870. The Balaban J connectivity index is 2.21. The Labute approximate surface area is 190 Å². The average Bonchev–Trinajstić information content (AvgIpc) is 2.79. The van der Waals surface area contributed by atoms with E-state index in [0.29, 0.717) is 5.56 Å². The second-order valence-electron chi connectivity index (χ2n) is 6.65. The highest BCUT2D eigenvalue weighted by atomic mass is 35.5. The van der Waals surface area contributed by atoms with Crippen molar-refractivity contribution >= 4 is 33.3 Å². The number of hydrogen-bond acceptors (Lipinski definition) is 5. The first-order valence-corrected chi connectivity index (χ1v) is 11.1. The molecule has 0 spiro atoms. The summed E-state index contributed by atoms with van der Waals surface area (Å²) in [5.74, 6) is -2.42. The van der Waals surface area contributed by atoms with E-state index in [2.05, 4.69) is 11.3 Å². The molecule has 0 bridgehead atoms. The van der Waals surface area contributed by atoms with Crippen LogP contribution < -0.4 is 4.31 Å². The zero-order chi connectivity index (χ0) is 23.5. The number of benzene rings is 3. The van der Waals surface area contributed by atoms with Gasteiger partial charge in [-0.05, 0) is 35.4 Å². The molecule has 0 fully saturated rings. The van der Waals surface area contributed by atoms with Gasteiger partial charge in [0, 0.05) is 0 Å². The molecule has 1 N–H and O–H groups in total. The maximum atomic E-state index is 14.8. The zero-order valence-electron chi connectivity index (χ0n) is 17.0. The van der Waals surface area contributed by atoms with E-state index in [9.17, 15) is 22.7 Å². The van der Waals surface area contributed by atoms with Gasteiger partial charge in [0.15, 0.2) is 5.75 Å². The van der Waals surface area contributed by atoms with Crippen LogP contribution in [0, 0.1) is 5.82 Å². The molecule has 0 aliphatic rings. The Morgan fingerprint density at radius 2 is 1.84 bits per heavy atom. The van der Waals surface area contributed by atoms with Gasteiger partial charge in [-0.15, -0.1) is 6.58 Å². The van der Waals surface area contributed by atoms with Crippen LogP contribution in [0.5, 0.6) is 5.75 Å². The van der Waals surface area contributed by atoms with Gasteiger partial charge >= 0.3 is 5.97 Å². The predicted octanol–water partition coefficient (Wildman–Crippen LogP) is 5.02. The number of esters is 1. The Morgan fingerprint density at radius 1 is 1.16 bits per heavy atom. The number of phenols is 1. The molecule has 6 nitrogen and oxygen atoms in total. The highest BCUT2D eigenvalue weighted by molar-refractivity contribution is 7.93. The minimum absolute atomic E-state index is 0.189. The molecule has 0 atom stereocenters. The van der Waals surface area contributed by atoms with Crippen LogP contribution in [0.3, 0.4) is 0 Å². The molecular weight excluding hydrogens is 457 g/mol. The number of halogens is 2. The van der Waals surface area contributed by atoms with Gasteiger partial charge in [0.2, 0.25) is 0 Å². The van der Waals surface area contributed by atoms with Crippen LogP contribution in [0.15, 0.2) is 78.2 Å². The molecule has 0 radical (unpaired) electrons. The lowest BCUT2D eigenvalue weighted by atomic mass is 10.1. The van der Waals surface area contributed by atoms with Crippen LogP contribution in [0.1, 0.15) is 10.4 Å². The third-order valence-corrected chi connectivity index (χ3v) is 6.72. The van der Waals surface area contributed by atoms with Crippen molar-refractivity contribution in [3.8, 4) is 16.9 Å². The van der Waals surface area contributed by atoms with E-state index in [1.165, 1.54) is 18.2 Å². The predicted molar refractivity (Wildman–Crippen MR) is 121 cm³/mol. The van der Waals surface area contributed by atoms with E-state index in [1.807, 2.05) is 6.07 Å². The SMILES string of the molecule is C=CCN(c1cc(-c2ccccc2)ccc1F)S(=O)(=O)c1cc(C(=O)OC)cc(Cl)c1O. The molecule has 3 aromatic rings. The van der Waals surface area contributed by atoms with Gasteiger partial charge in [-0.1, -0.05) is 54.1 Å². The lowest BCUT2D eigenvalue weighted by Gasteiger charge is -2.25. The highest BCUT2D eigenvalue weighted by Crippen LogP contribution is 2.37. The second kappa shape index (κ2) is 9.42. The van der Waals surface area contributed by atoms with Crippen LogP contribution in [0.2, 0.25) is 5.02 Å². The smallest absolute Gasteiger partial charge is 0.337 e. The van der Waals surface area contributed by atoms with E-state index in [1.54, 1.807) is 24.3 Å². The number of phenolic OH excluding ortho intramolecular Hbond substituents is 1. The van der Waals surface area contributed by atoms with E-state index in [-0.39, 0.29) is 22.8 Å². The van der Waals surface area contributed by atoms with Gasteiger partial charge in [-0.3, -0.25) is 4.31 Å². The lowest BCUT2D eigenvalue weighted by Crippen LogP contribution is -2.32. The summed E-state index contributed by atoms with van der Waals surface area (Å²) in [6, 6.07) is 15.1. The Kier molecular flexibility index (Phi) is 6.86. The molecule has 166 valence electrons. The summed E-state index contributed by atoms with van der Waals surface area (Å²) in [6.07, 6.45) is 1.27. The largest absolute Gasteiger partial charge is 0.505 e. The second-order valence-corrected chi connectivity index (χ2v) is 8.89. The summed E-state index contributed by atoms with van der Waals surface area (Å²) < 4.78 is 47.2. The van der Waals surface area contributed by atoms with Crippen LogP contribution in [-0.4, -0.2) is 33.1 Å². The summed E-state index contributed by atoms with van der Waals surface area (Å²) in [4.78, 5) is 11.3. The van der Waals surface area contributed by atoms with Gasteiger partial charge in [-0.2, -0.15) is 0 Å². The standard InChI is InChI=1S/C23H19ClFNO5S/c1-3-11-26(20-13-16(9-10-19(20)25)15-7-5-4-6-8-15)32(29,30)21-14-17(23(28)31-2)12-18(24)22(21)27/h3-10,12-14,27H,1,11H2,2H3. The average molecular weight is 476 g/mol. The molecule has 0 saturated heterocycles. The van der Waals surface area contributed by atoms with Gasteiger partial charge in [0.05, 0.1) is 29.9 Å². The summed E-state index contributed by atoms with van der Waals surface area (Å²) >= 11 is 5.96. The van der Waals surface area contributed by atoms with E-state index >= 15 is 0 Å². The quantitative estimate of drug-likeness (QED) is 0.383. The molecule has 0 aromatic heterocycles. The van der Waals surface area contributed by atoms with Crippen molar-refractivity contribution in [3.05, 3.63) is 89.7 Å². The summed E-state index contributed by atoms with van der Waals surface area (Å²) in [5, 5.41) is 10.00. The van der Waals surface area contributed by atoms with Gasteiger partial charge in [-0.25, -0.2) is 17.6 Å². The van der Waals surface area contributed by atoms with Crippen LogP contribution in [0.4, 0.5) is 10.1 Å². The number of ether oxygens (including phenoxy) is 1. The van der Waals surface area contributed by atoms with Crippen LogP contribution in [0.25, 0.3) is 11.1 Å². The van der Waals surface area contributed by atoms with Crippen molar-refractivity contribution in [1.29, 1.82) is 0 Å². The molecule has 0 amide bonds. The van der Waals surface area contributed by atoms with Crippen molar-refractivity contribution in [1.82, 2.24) is 0 Å². The Bertz CT molecular complexity index is 1280. The monoisotopic (exact) mass is 475 g/mol. The van der Waals surface area contributed by atoms with Crippen molar-refractivity contribution in [2.24, 2.45) is 0 Å². The third-order valence-electron chi connectivity index (χ3n) is 4.63. The molecule has 3 rings (SSSR count). The molecule has 0 saturated carbocycles. The summed E-state index contributed by atoms with van der Waals surface area (Å²) in [5.41, 5.74) is 0.885. The molecule has 9 heteroatoms. The minimum Gasteiger partial charge on any atom is -0.505 e. The molecule has 0 heterocycles. The van der Waals surface area contributed by atoms with Crippen LogP contribution >= 0.6 is 11.6 Å². The van der Waals surface area contributed by atoms with Crippen molar-refractivity contribution < 1.29 is 27.4 Å². The van der Waals surface area contributed by atoms with Crippen molar-refractivity contribution in [2.45, 2.75) is 4.90 Å². The van der Waals surface area contributed by atoms with Gasteiger partial charge in [0.25, 0.3) is 10.0 Å². The number of rotatable bonds is 7. The topological polar surface area (TPSA) is 83.9 Å². The van der Waals surface area contributed by atoms with Gasteiger partial charge < -0.3 is 9.84 Å². The van der Waals surface area contributed by atoms with Crippen LogP contribution in [-0.2, 0) is 14.8 Å². The molecule has 3 aromatic carbocycles. The third kappa shape index (κ3) is 4.46. The maximum Gasteiger partial charge on any atom is 0.337 e. The van der Waals surface area contributed by atoms with E-state index < -0.39 is 32.5 Å². The number of anilines is 1. The Morgan fingerprint density at radius 3 is 2.47 bits per heavy atom. The first-order valence-electron chi connectivity index (χ1n) is 9.30. The molecule has 0 aliphatic heterocycles. The molecule has 0 aliphatic carbocycles. The minimum atomic E-state index is -4.58. The number of aromatic hydroxyl groups is 1. The molecule has 0 unspecified atom stereocenters. The number of carbonyl (C=O) groups is 1. The number of sulfonamides is 1. The fourth-order valence-corrected chi connectivity index (χ4v) is 4.93. The number of nitrogens with zero attached hydrogens (tertiary/aromatic N) is 1.